The zero-order valence-corrected chi connectivity index (χ0v) is 15.6. The molecule has 0 bridgehead atoms. The van der Waals surface area contributed by atoms with E-state index in [0.717, 1.165) is 45.2 Å². The fraction of sp³-hybridized carbons (Fsp3) is 0.900. The molecule has 4 heteroatoms. The first-order valence-electron chi connectivity index (χ1n) is 10.0. The standard InChI is InChI=1S/C20H34N2O2/c1-13(2)17-7-4-14(3)12-18(17)21-19(23)15-8-10-22(11-9-15)20(24)16-5-6-16/h13-18H,4-12H2,1-3H3,(H,21,23)/t14-,17-,18-/m1/s1. The Kier molecular flexibility index (Phi) is 5.51. The van der Waals surface area contributed by atoms with E-state index < -0.39 is 0 Å². The normalized spacial score (nSPS) is 32.0. The first-order valence-corrected chi connectivity index (χ1v) is 10.0. The Morgan fingerprint density at radius 2 is 1.62 bits per heavy atom. The third kappa shape index (κ3) is 4.12. The highest BCUT2D eigenvalue weighted by Crippen LogP contribution is 2.35. The van der Waals surface area contributed by atoms with Gasteiger partial charge in [0.25, 0.3) is 0 Å². The number of nitrogens with zero attached hydrogens (tertiary/aromatic N) is 1. The van der Waals surface area contributed by atoms with E-state index in [4.69, 9.17) is 0 Å². The number of nitrogens with one attached hydrogen (secondary N) is 1. The Labute approximate surface area is 146 Å². The Morgan fingerprint density at radius 3 is 2.21 bits per heavy atom. The van der Waals surface area contributed by atoms with Gasteiger partial charge in [0.15, 0.2) is 0 Å². The van der Waals surface area contributed by atoms with Gasteiger partial charge in [-0.05, 0) is 56.3 Å². The summed E-state index contributed by atoms with van der Waals surface area (Å²) in [7, 11) is 0. The maximum atomic E-state index is 12.7. The van der Waals surface area contributed by atoms with Gasteiger partial charge in [0.05, 0.1) is 0 Å². The maximum absolute atomic E-state index is 12.7. The summed E-state index contributed by atoms with van der Waals surface area (Å²) in [5.74, 6) is 2.91. The lowest BCUT2D eigenvalue weighted by molar-refractivity contribution is -0.137. The Morgan fingerprint density at radius 1 is 0.958 bits per heavy atom. The molecule has 3 fully saturated rings. The molecule has 1 saturated heterocycles. The molecule has 3 aliphatic rings. The van der Waals surface area contributed by atoms with Crippen LogP contribution in [0.3, 0.4) is 0 Å². The highest BCUT2D eigenvalue weighted by atomic mass is 16.2. The van der Waals surface area contributed by atoms with Crippen LogP contribution in [0.2, 0.25) is 0 Å². The van der Waals surface area contributed by atoms with Gasteiger partial charge in [0.1, 0.15) is 0 Å². The molecule has 1 aliphatic heterocycles. The fourth-order valence-corrected chi connectivity index (χ4v) is 4.62. The van der Waals surface area contributed by atoms with Crippen LogP contribution in [0.4, 0.5) is 0 Å². The summed E-state index contributed by atoms with van der Waals surface area (Å²) in [5.41, 5.74) is 0. The van der Waals surface area contributed by atoms with Gasteiger partial charge >= 0.3 is 0 Å². The van der Waals surface area contributed by atoms with Gasteiger partial charge in [0, 0.05) is 31.0 Å². The Hall–Kier alpha value is -1.06. The highest BCUT2D eigenvalue weighted by molar-refractivity contribution is 5.82. The molecule has 2 aliphatic carbocycles. The first kappa shape index (κ1) is 17.8. The SMILES string of the molecule is CC(C)[C@H]1CC[C@@H](C)C[C@H]1NC(=O)C1CCN(C(=O)C2CC2)CC1. The van der Waals surface area contributed by atoms with Crippen molar-refractivity contribution in [1.82, 2.24) is 10.2 Å². The van der Waals surface area contributed by atoms with Gasteiger partial charge < -0.3 is 10.2 Å². The van der Waals surface area contributed by atoms with Crippen LogP contribution in [-0.2, 0) is 9.59 Å². The van der Waals surface area contributed by atoms with Crippen LogP contribution >= 0.6 is 0 Å². The maximum Gasteiger partial charge on any atom is 0.225 e. The molecule has 0 radical (unpaired) electrons. The van der Waals surface area contributed by atoms with E-state index in [1.54, 1.807) is 0 Å². The molecule has 3 rings (SSSR count). The summed E-state index contributed by atoms with van der Waals surface area (Å²) in [6, 6.07) is 0.340. The smallest absolute Gasteiger partial charge is 0.225 e. The zero-order valence-electron chi connectivity index (χ0n) is 15.6. The minimum absolute atomic E-state index is 0.0956. The van der Waals surface area contributed by atoms with Crippen molar-refractivity contribution in [1.29, 1.82) is 0 Å². The van der Waals surface area contributed by atoms with Gasteiger partial charge in [-0.1, -0.05) is 27.2 Å². The number of hydrogen-bond acceptors (Lipinski definition) is 2. The quantitative estimate of drug-likeness (QED) is 0.858. The summed E-state index contributed by atoms with van der Waals surface area (Å²) in [4.78, 5) is 26.9. The van der Waals surface area contributed by atoms with E-state index in [9.17, 15) is 9.59 Å². The number of amides is 2. The molecule has 0 spiro atoms. The molecule has 3 atom stereocenters. The second-order valence-electron chi connectivity index (χ2n) is 8.82. The Bertz CT molecular complexity index is 464. The Balaban J connectivity index is 1.50. The van der Waals surface area contributed by atoms with Crippen molar-refractivity contribution in [3.8, 4) is 0 Å². The average Bonchev–Trinajstić information content (AvgIpc) is 3.39. The molecule has 1 heterocycles. The van der Waals surface area contributed by atoms with Gasteiger partial charge in [0.2, 0.25) is 11.8 Å². The summed E-state index contributed by atoms with van der Waals surface area (Å²) >= 11 is 0. The third-order valence-electron chi connectivity index (χ3n) is 6.45. The lowest BCUT2D eigenvalue weighted by Crippen LogP contribution is -2.49. The molecule has 1 N–H and O–H groups in total. The molecule has 24 heavy (non-hydrogen) atoms. The van der Waals surface area contributed by atoms with E-state index in [0.29, 0.717) is 35.6 Å². The highest BCUT2D eigenvalue weighted by Gasteiger charge is 2.37. The lowest BCUT2D eigenvalue weighted by atomic mass is 9.74. The van der Waals surface area contributed by atoms with Crippen LogP contribution in [-0.4, -0.2) is 35.8 Å². The van der Waals surface area contributed by atoms with Crippen molar-refractivity contribution < 1.29 is 9.59 Å². The van der Waals surface area contributed by atoms with E-state index in [-0.39, 0.29) is 11.8 Å². The van der Waals surface area contributed by atoms with E-state index >= 15 is 0 Å². The lowest BCUT2D eigenvalue weighted by Gasteiger charge is -2.39. The van der Waals surface area contributed by atoms with E-state index in [1.165, 1.54) is 12.8 Å². The molecule has 0 unspecified atom stereocenters. The first-order chi connectivity index (χ1) is 11.5. The molecule has 2 amide bonds. The van der Waals surface area contributed by atoms with Crippen LogP contribution in [0.1, 0.15) is 65.7 Å². The van der Waals surface area contributed by atoms with Crippen molar-refractivity contribution in [3.05, 3.63) is 0 Å². The van der Waals surface area contributed by atoms with Gasteiger partial charge in [-0.25, -0.2) is 0 Å². The molecule has 0 aromatic rings. The average molecular weight is 335 g/mol. The molecule has 2 saturated carbocycles. The van der Waals surface area contributed by atoms with Crippen LogP contribution in [0.15, 0.2) is 0 Å². The number of hydrogen-bond donors (Lipinski definition) is 1. The van der Waals surface area contributed by atoms with Gasteiger partial charge in [-0.2, -0.15) is 0 Å². The molecule has 4 nitrogen and oxygen atoms in total. The van der Waals surface area contributed by atoms with Crippen molar-refractivity contribution >= 4 is 11.8 Å². The molecule has 136 valence electrons. The predicted octanol–water partition coefficient (Wildman–Crippen LogP) is 3.21. The van der Waals surface area contributed by atoms with Crippen LogP contribution in [0.5, 0.6) is 0 Å². The third-order valence-corrected chi connectivity index (χ3v) is 6.45. The minimum atomic E-state index is 0.0956. The van der Waals surface area contributed by atoms with Crippen molar-refractivity contribution in [3.63, 3.8) is 0 Å². The topological polar surface area (TPSA) is 49.4 Å². The summed E-state index contributed by atoms with van der Waals surface area (Å²) in [6.45, 7) is 8.39. The van der Waals surface area contributed by atoms with Crippen LogP contribution in [0, 0.1) is 29.6 Å². The number of likely N-dealkylation sites (tertiary alicyclic amines) is 1. The molecular weight excluding hydrogens is 300 g/mol. The number of rotatable bonds is 4. The van der Waals surface area contributed by atoms with E-state index in [2.05, 4.69) is 26.1 Å². The van der Waals surface area contributed by atoms with Gasteiger partial charge in [-0.3, -0.25) is 9.59 Å². The van der Waals surface area contributed by atoms with Crippen molar-refractivity contribution in [2.24, 2.45) is 29.6 Å². The molecular formula is C20H34N2O2. The monoisotopic (exact) mass is 334 g/mol. The van der Waals surface area contributed by atoms with Crippen molar-refractivity contribution in [2.45, 2.75) is 71.8 Å². The summed E-state index contributed by atoms with van der Waals surface area (Å²) < 4.78 is 0. The van der Waals surface area contributed by atoms with Gasteiger partial charge in [-0.15, -0.1) is 0 Å². The number of carbonyl (C=O) groups excluding carboxylic acids is 2. The summed E-state index contributed by atoms with van der Waals surface area (Å²) in [6.07, 6.45) is 7.44. The fourth-order valence-electron chi connectivity index (χ4n) is 4.62. The second kappa shape index (κ2) is 7.45. The van der Waals surface area contributed by atoms with Crippen LogP contribution < -0.4 is 5.32 Å². The minimum Gasteiger partial charge on any atom is -0.353 e. The number of piperidine rings is 1. The predicted molar refractivity (Wildman–Crippen MR) is 95.3 cm³/mol. The number of carbonyl (C=O) groups is 2. The molecule has 0 aromatic heterocycles. The van der Waals surface area contributed by atoms with Crippen LogP contribution in [0.25, 0.3) is 0 Å². The summed E-state index contributed by atoms with van der Waals surface area (Å²) in [5, 5.41) is 3.39. The largest absolute Gasteiger partial charge is 0.353 e. The second-order valence-corrected chi connectivity index (χ2v) is 8.82. The van der Waals surface area contributed by atoms with E-state index in [1.807, 2.05) is 4.90 Å². The van der Waals surface area contributed by atoms with Crippen molar-refractivity contribution in [2.75, 3.05) is 13.1 Å². The zero-order chi connectivity index (χ0) is 17.3. The molecule has 0 aromatic carbocycles.